The minimum atomic E-state index is -3.40. The molecule has 0 radical (unpaired) electrons. The minimum Gasteiger partial charge on any atom is -0.374 e. The van der Waals surface area contributed by atoms with Crippen molar-refractivity contribution in [2.45, 2.75) is 18.8 Å². The van der Waals surface area contributed by atoms with Crippen LogP contribution in [0.25, 0.3) is 0 Å². The molecular formula is C10H17N3O4S. The summed E-state index contributed by atoms with van der Waals surface area (Å²) in [5, 5.41) is 6.79. The van der Waals surface area contributed by atoms with E-state index in [9.17, 15) is 8.42 Å². The lowest BCUT2D eigenvalue weighted by atomic mass is 10.3. The van der Waals surface area contributed by atoms with Crippen molar-refractivity contribution >= 4 is 10.0 Å². The molecule has 0 saturated carbocycles. The first-order valence-electron chi connectivity index (χ1n) is 5.77. The fourth-order valence-corrected chi connectivity index (χ4v) is 2.77. The summed E-state index contributed by atoms with van der Waals surface area (Å²) in [6, 6.07) is 1.61. The van der Waals surface area contributed by atoms with Gasteiger partial charge in [0.2, 0.25) is 10.0 Å². The molecule has 0 aromatic carbocycles. The van der Waals surface area contributed by atoms with Crippen LogP contribution in [0.4, 0.5) is 0 Å². The number of aromatic nitrogens is 1. The highest BCUT2D eigenvalue weighted by Gasteiger charge is 2.19. The van der Waals surface area contributed by atoms with Crippen LogP contribution < -0.4 is 10.0 Å². The van der Waals surface area contributed by atoms with Crippen molar-refractivity contribution in [3.05, 3.63) is 17.5 Å². The van der Waals surface area contributed by atoms with Crippen LogP contribution in [0.5, 0.6) is 0 Å². The molecule has 0 spiro atoms. The van der Waals surface area contributed by atoms with E-state index in [1.54, 1.807) is 13.0 Å². The molecule has 8 heteroatoms. The van der Waals surface area contributed by atoms with Crippen molar-refractivity contribution in [1.29, 1.82) is 0 Å². The molecule has 1 aliphatic rings. The van der Waals surface area contributed by atoms with Crippen molar-refractivity contribution in [3.8, 4) is 0 Å². The molecule has 0 aliphatic carbocycles. The molecule has 0 bridgehead atoms. The lowest BCUT2D eigenvalue weighted by Crippen LogP contribution is -2.45. The van der Waals surface area contributed by atoms with Crippen LogP contribution in [0.2, 0.25) is 0 Å². The van der Waals surface area contributed by atoms with Gasteiger partial charge in [0, 0.05) is 25.7 Å². The first kappa shape index (κ1) is 13.5. The van der Waals surface area contributed by atoms with Crippen molar-refractivity contribution in [3.63, 3.8) is 0 Å². The van der Waals surface area contributed by atoms with Gasteiger partial charge in [0.1, 0.15) is 17.2 Å². The van der Waals surface area contributed by atoms with Crippen LogP contribution in [0.1, 0.15) is 11.5 Å². The normalized spacial score (nSPS) is 21.1. The fourth-order valence-electron chi connectivity index (χ4n) is 1.70. The molecule has 1 aromatic heterocycles. The first-order chi connectivity index (χ1) is 8.55. The lowest BCUT2D eigenvalue weighted by Gasteiger charge is -2.23. The lowest BCUT2D eigenvalue weighted by molar-refractivity contribution is 0.0324. The Morgan fingerprint density at radius 1 is 1.61 bits per heavy atom. The summed E-state index contributed by atoms with van der Waals surface area (Å²) in [7, 11) is -3.40. The van der Waals surface area contributed by atoms with Gasteiger partial charge in [-0.1, -0.05) is 5.16 Å². The first-order valence-corrected chi connectivity index (χ1v) is 7.42. The molecule has 0 amide bonds. The zero-order valence-corrected chi connectivity index (χ0v) is 11.0. The molecule has 2 N–H and O–H groups in total. The predicted molar refractivity (Wildman–Crippen MR) is 64.5 cm³/mol. The second kappa shape index (κ2) is 5.79. The van der Waals surface area contributed by atoms with Gasteiger partial charge >= 0.3 is 0 Å². The van der Waals surface area contributed by atoms with Gasteiger partial charge in [-0.2, -0.15) is 0 Å². The van der Waals surface area contributed by atoms with Crippen LogP contribution in [-0.4, -0.2) is 45.9 Å². The van der Waals surface area contributed by atoms with E-state index in [1.807, 2.05) is 0 Å². The Bertz CT molecular complexity index is 479. The number of sulfonamides is 1. The molecule has 7 nitrogen and oxygen atoms in total. The van der Waals surface area contributed by atoms with Crippen LogP contribution in [-0.2, 0) is 20.5 Å². The van der Waals surface area contributed by atoms with E-state index < -0.39 is 10.0 Å². The Labute approximate surface area is 106 Å². The Balaban J connectivity index is 1.83. The zero-order chi connectivity index (χ0) is 13.0. The number of morpholine rings is 1. The van der Waals surface area contributed by atoms with E-state index in [4.69, 9.17) is 9.26 Å². The number of rotatable bonds is 5. The molecule has 18 heavy (non-hydrogen) atoms. The van der Waals surface area contributed by atoms with Gasteiger partial charge in [-0.05, 0) is 6.92 Å². The van der Waals surface area contributed by atoms with Crippen molar-refractivity contribution in [2.24, 2.45) is 0 Å². The SMILES string of the molecule is Cc1cc(CS(=O)(=O)NCC2CNCCO2)no1. The molecule has 1 aliphatic heterocycles. The zero-order valence-electron chi connectivity index (χ0n) is 10.2. The van der Waals surface area contributed by atoms with Gasteiger partial charge in [-0.25, -0.2) is 13.1 Å². The van der Waals surface area contributed by atoms with Crippen LogP contribution >= 0.6 is 0 Å². The maximum Gasteiger partial charge on any atom is 0.217 e. The third-order valence-corrected chi connectivity index (χ3v) is 3.83. The number of nitrogens with one attached hydrogen (secondary N) is 2. The Hall–Kier alpha value is -0.960. The van der Waals surface area contributed by atoms with Crippen molar-refractivity contribution in [2.75, 3.05) is 26.2 Å². The van der Waals surface area contributed by atoms with Crippen molar-refractivity contribution in [1.82, 2.24) is 15.2 Å². The second-order valence-electron chi connectivity index (χ2n) is 4.23. The van der Waals surface area contributed by atoms with E-state index in [0.29, 0.717) is 24.6 Å². The van der Waals surface area contributed by atoms with Crippen LogP contribution in [0.15, 0.2) is 10.6 Å². The number of aryl methyl sites for hydroxylation is 1. The average molecular weight is 275 g/mol. The smallest absolute Gasteiger partial charge is 0.217 e. The molecule has 102 valence electrons. The Morgan fingerprint density at radius 3 is 3.06 bits per heavy atom. The summed E-state index contributed by atoms with van der Waals surface area (Å²) in [6.45, 7) is 4.06. The summed E-state index contributed by atoms with van der Waals surface area (Å²) in [4.78, 5) is 0. The van der Waals surface area contributed by atoms with E-state index in [0.717, 1.165) is 6.54 Å². The molecule has 1 atom stereocenters. The molecule has 1 aromatic rings. The van der Waals surface area contributed by atoms with Gasteiger partial charge in [0.05, 0.1) is 12.7 Å². The minimum absolute atomic E-state index is 0.118. The molecular weight excluding hydrogens is 258 g/mol. The monoisotopic (exact) mass is 275 g/mol. The fraction of sp³-hybridized carbons (Fsp3) is 0.700. The van der Waals surface area contributed by atoms with Crippen molar-refractivity contribution < 1.29 is 17.7 Å². The largest absolute Gasteiger partial charge is 0.374 e. The van der Waals surface area contributed by atoms with Crippen LogP contribution in [0, 0.1) is 6.92 Å². The molecule has 1 fully saturated rings. The standard InChI is InChI=1S/C10H17N3O4S/c1-8-4-9(13-17-8)7-18(14,15)12-6-10-5-11-2-3-16-10/h4,10-12H,2-3,5-7H2,1H3. The number of hydrogen-bond acceptors (Lipinski definition) is 6. The third-order valence-electron chi connectivity index (χ3n) is 2.55. The van der Waals surface area contributed by atoms with Crippen LogP contribution in [0.3, 0.4) is 0 Å². The number of nitrogens with zero attached hydrogens (tertiary/aromatic N) is 1. The van der Waals surface area contributed by atoms with E-state index in [-0.39, 0.29) is 18.4 Å². The molecule has 2 heterocycles. The Kier molecular flexibility index (Phi) is 4.33. The summed E-state index contributed by atoms with van der Waals surface area (Å²) in [6.07, 6.45) is -0.118. The Morgan fingerprint density at radius 2 is 2.44 bits per heavy atom. The molecule has 1 unspecified atom stereocenters. The van der Waals surface area contributed by atoms with E-state index in [2.05, 4.69) is 15.2 Å². The summed E-state index contributed by atoms with van der Waals surface area (Å²) in [5.41, 5.74) is 0.405. The number of hydrogen-bond donors (Lipinski definition) is 2. The summed E-state index contributed by atoms with van der Waals surface area (Å²) >= 11 is 0. The van der Waals surface area contributed by atoms with Gasteiger partial charge in [-0.15, -0.1) is 0 Å². The maximum atomic E-state index is 11.8. The highest BCUT2D eigenvalue weighted by molar-refractivity contribution is 7.88. The summed E-state index contributed by atoms with van der Waals surface area (Å²) in [5.74, 6) is 0.421. The highest BCUT2D eigenvalue weighted by atomic mass is 32.2. The average Bonchev–Trinajstić information content (AvgIpc) is 2.73. The summed E-state index contributed by atoms with van der Waals surface area (Å²) < 4.78 is 36.3. The molecule has 2 rings (SSSR count). The highest BCUT2D eigenvalue weighted by Crippen LogP contribution is 2.06. The van der Waals surface area contributed by atoms with Gasteiger partial charge in [-0.3, -0.25) is 0 Å². The van der Waals surface area contributed by atoms with E-state index >= 15 is 0 Å². The van der Waals surface area contributed by atoms with Gasteiger partial charge in [0.15, 0.2) is 0 Å². The van der Waals surface area contributed by atoms with E-state index in [1.165, 1.54) is 0 Å². The number of ether oxygens (including phenoxy) is 1. The maximum absolute atomic E-state index is 11.8. The molecule has 1 saturated heterocycles. The predicted octanol–water partition coefficient (Wildman–Crippen LogP) is -0.609. The topological polar surface area (TPSA) is 93.5 Å². The quantitative estimate of drug-likeness (QED) is 0.744. The second-order valence-corrected chi connectivity index (χ2v) is 6.04. The third kappa shape index (κ3) is 4.05. The van der Waals surface area contributed by atoms with Gasteiger partial charge < -0.3 is 14.6 Å². The van der Waals surface area contributed by atoms with Gasteiger partial charge in [0.25, 0.3) is 0 Å².